The van der Waals surface area contributed by atoms with Crippen LogP contribution in [0.25, 0.3) is 32.7 Å². The van der Waals surface area contributed by atoms with Gasteiger partial charge in [0.05, 0.1) is 19.6 Å². The first-order valence-electron chi connectivity index (χ1n) is 14.9. The maximum atomic E-state index is 11.8. The van der Waals surface area contributed by atoms with Gasteiger partial charge in [-0.3, -0.25) is 0 Å². The maximum Gasteiger partial charge on any atom is 1.00 e. The molecule has 6 aromatic rings. The van der Waals surface area contributed by atoms with Crippen molar-refractivity contribution in [1.82, 2.24) is 0 Å². The molecule has 30 heteroatoms. The summed E-state index contributed by atoms with van der Waals surface area (Å²) in [7, 11) is -20.7. The molecule has 6 rings (SSSR count). The summed E-state index contributed by atoms with van der Waals surface area (Å²) < 4.78 is 140. The monoisotopic (exact) mass is 1060 g/mol. The Labute approximate surface area is 461 Å². The van der Waals surface area contributed by atoms with Crippen molar-refractivity contribution in [2.45, 2.75) is 19.6 Å². The number of hydrogen-bond donors (Lipinski definition) is 4. The molecule has 20 nitrogen and oxygen atoms in total. The molecular weight excluding hydrogens is 1040 g/mol. The molecule has 2 radical (unpaired) electrons. The minimum Gasteiger partial charge on any atom is -0.744 e. The van der Waals surface area contributed by atoms with Crippen LogP contribution in [0.3, 0.4) is 0 Å². The Bertz CT molecular complexity index is 3010. The quantitative estimate of drug-likeness (QED) is 0.0594. The van der Waals surface area contributed by atoms with Crippen LogP contribution in [0.2, 0.25) is 0 Å². The standard InChI is InChI=1S/C32H22N4O16S4.2Cu.4Na/c37-25-11-15(1-7-23(25)33-35-29-21-5-3-19(53(41,42)43)9-17(21)13-27(31(29)39)55(47,48)49)16-2-8-24(26(38)12-16)34-36-30-22-6-4-20(54(44,45)46)10-18(22)14-28(32(30)40)56(50,51)52;;;;;;/h1-14,37-40H,(H,41,42,43)(H,44,45,46)(H,47,48,49)(H,50,51,52);;;;;;/q;;;4*+1/p-4. The molecule has 0 aliphatic carbocycles. The summed E-state index contributed by atoms with van der Waals surface area (Å²) in [6, 6.07) is 14.1. The largest absolute Gasteiger partial charge is 1.00 e. The second kappa shape index (κ2) is 23.1. The first-order chi connectivity index (χ1) is 25.9. The van der Waals surface area contributed by atoms with Crippen molar-refractivity contribution in [2.24, 2.45) is 20.5 Å². The van der Waals surface area contributed by atoms with Gasteiger partial charge in [0.2, 0.25) is 0 Å². The summed E-state index contributed by atoms with van der Waals surface area (Å²) in [5.74, 6) is -3.38. The first-order valence-corrected chi connectivity index (χ1v) is 20.5. The zero-order valence-corrected chi connectivity index (χ0v) is 44.9. The summed E-state index contributed by atoms with van der Waals surface area (Å²) >= 11 is 0. The molecule has 0 spiro atoms. The number of phenols is 4. The Morgan fingerprint density at radius 1 is 0.403 bits per heavy atom. The Morgan fingerprint density at radius 2 is 0.726 bits per heavy atom. The van der Waals surface area contributed by atoms with E-state index in [1.54, 1.807) is 0 Å². The van der Waals surface area contributed by atoms with Crippen molar-refractivity contribution in [3.05, 3.63) is 84.9 Å². The van der Waals surface area contributed by atoms with Gasteiger partial charge < -0.3 is 38.6 Å². The minimum absolute atomic E-state index is 0. The molecule has 312 valence electrons. The number of hydrogen-bond acceptors (Lipinski definition) is 20. The molecule has 0 saturated heterocycles. The van der Waals surface area contributed by atoms with Crippen molar-refractivity contribution in [3.63, 3.8) is 0 Å². The average molecular weight is 1060 g/mol. The third-order valence-corrected chi connectivity index (χ3v) is 11.3. The molecule has 6 aromatic carbocycles. The fraction of sp³-hybridized carbons (Fsp3) is 0. The van der Waals surface area contributed by atoms with Crippen LogP contribution in [0, 0.1) is 0 Å². The minimum atomic E-state index is -5.36. The third kappa shape index (κ3) is 13.5. The fourth-order valence-electron chi connectivity index (χ4n) is 5.34. The van der Waals surface area contributed by atoms with Gasteiger partial charge >= 0.3 is 118 Å². The smallest absolute Gasteiger partial charge is 0.744 e. The van der Waals surface area contributed by atoms with Gasteiger partial charge in [0, 0.05) is 44.9 Å². The predicted molar refractivity (Wildman–Crippen MR) is 187 cm³/mol. The Balaban J connectivity index is 0.00000620. The number of azo groups is 2. The predicted octanol–water partition coefficient (Wildman–Crippen LogP) is -7.06. The van der Waals surface area contributed by atoms with E-state index >= 15 is 0 Å². The Kier molecular flexibility index (Phi) is 22.7. The topological polar surface area (TPSA) is 359 Å². The molecule has 0 fully saturated rings. The number of aromatic hydroxyl groups is 4. The van der Waals surface area contributed by atoms with Gasteiger partial charge in [-0.1, -0.05) is 24.3 Å². The fourth-order valence-corrected chi connectivity index (χ4v) is 7.56. The normalized spacial score (nSPS) is 11.7. The molecule has 0 atom stereocenters. The molecule has 0 bridgehead atoms. The molecule has 4 N–H and O–H groups in total. The number of benzene rings is 6. The number of fused-ring (bicyclic) bond motifs is 2. The van der Waals surface area contributed by atoms with Crippen molar-refractivity contribution >= 4 is 84.8 Å². The molecule has 0 aliphatic heterocycles. The van der Waals surface area contributed by atoms with Crippen LogP contribution in [-0.2, 0) is 74.6 Å². The summed E-state index contributed by atoms with van der Waals surface area (Å²) in [5, 5.41) is 57.0. The zero-order chi connectivity index (χ0) is 41.1. The molecule has 0 saturated carbocycles. The number of phenolic OH excluding ortho intramolecular Hbond substituents is 4. The molecule has 62 heavy (non-hydrogen) atoms. The van der Waals surface area contributed by atoms with Gasteiger partial charge in [-0.15, -0.1) is 20.5 Å². The average Bonchev–Trinajstić information content (AvgIpc) is 3.09. The van der Waals surface area contributed by atoms with Gasteiger partial charge in [-0.2, -0.15) is 0 Å². The molecule has 0 amide bonds. The second-order valence-corrected chi connectivity index (χ2v) is 17.0. The van der Waals surface area contributed by atoms with Crippen LogP contribution in [-0.4, -0.2) is 72.3 Å². The van der Waals surface area contributed by atoms with Crippen LogP contribution >= 0.6 is 0 Å². The molecule has 0 aliphatic rings. The van der Waals surface area contributed by atoms with Gasteiger partial charge in [0.1, 0.15) is 74.7 Å². The Morgan fingerprint density at radius 3 is 1.00 bits per heavy atom. The van der Waals surface area contributed by atoms with E-state index in [1.807, 2.05) is 0 Å². The third-order valence-electron chi connectivity index (χ3n) is 7.96. The van der Waals surface area contributed by atoms with Crippen LogP contribution in [0.5, 0.6) is 23.0 Å². The van der Waals surface area contributed by atoms with Crippen LogP contribution in [0.15, 0.2) is 125 Å². The molecule has 0 unspecified atom stereocenters. The van der Waals surface area contributed by atoms with Crippen LogP contribution < -0.4 is 118 Å². The summed E-state index contributed by atoms with van der Waals surface area (Å²) in [6.07, 6.45) is 0. The van der Waals surface area contributed by atoms with Crippen molar-refractivity contribution in [3.8, 4) is 34.1 Å². The van der Waals surface area contributed by atoms with Crippen molar-refractivity contribution in [2.75, 3.05) is 0 Å². The zero-order valence-electron chi connectivity index (χ0n) is 31.8. The SMILES string of the molecule is O=S(=O)([O-])c1ccc2c(N=Nc3ccc(-c4ccc(N=Nc5c(O)c(S(=O)(=O)[O-])cc6cc(S(=O)(=O)[O-])ccc56)c(O)c4)cc3O)c(O)c(S(=O)(=O)[O-])cc2c1.[Cu].[Cu].[Na+].[Na+].[Na+].[Na+]. The number of rotatable bonds is 9. The van der Waals surface area contributed by atoms with Gasteiger partial charge in [-0.05, 0) is 82.6 Å². The van der Waals surface area contributed by atoms with E-state index in [0.717, 1.165) is 48.5 Å². The summed E-state index contributed by atoms with van der Waals surface area (Å²) in [5.41, 5.74) is -1.26. The summed E-state index contributed by atoms with van der Waals surface area (Å²) in [4.78, 5) is -3.92. The summed E-state index contributed by atoms with van der Waals surface area (Å²) in [6.45, 7) is 0. The van der Waals surface area contributed by atoms with Crippen LogP contribution in [0.1, 0.15) is 0 Å². The van der Waals surface area contributed by atoms with E-state index in [0.29, 0.717) is 12.1 Å². The molecule has 0 heterocycles. The van der Waals surface area contributed by atoms with Crippen molar-refractivity contribution < 1.29 is 225 Å². The molecular formula is C32H18Cu2N4Na4O16S4. The maximum absolute atomic E-state index is 11.8. The van der Waals surface area contributed by atoms with Crippen molar-refractivity contribution in [1.29, 1.82) is 0 Å². The van der Waals surface area contributed by atoms with E-state index in [9.17, 15) is 72.3 Å². The second-order valence-electron chi connectivity index (χ2n) is 11.5. The van der Waals surface area contributed by atoms with E-state index in [4.69, 9.17) is 0 Å². The Hall–Kier alpha value is -1.08. The number of nitrogens with zero attached hydrogens (tertiary/aromatic N) is 4. The van der Waals surface area contributed by atoms with E-state index in [2.05, 4.69) is 20.5 Å². The first kappa shape index (κ1) is 60.9. The van der Waals surface area contributed by atoms with Gasteiger partial charge in [0.15, 0.2) is 11.5 Å². The van der Waals surface area contributed by atoms with E-state index in [-0.39, 0.29) is 196 Å². The van der Waals surface area contributed by atoms with E-state index < -0.39 is 94.4 Å². The van der Waals surface area contributed by atoms with E-state index in [1.165, 1.54) is 24.3 Å². The van der Waals surface area contributed by atoms with Gasteiger partial charge in [0.25, 0.3) is 0 Å². The van der Waals surface area contributed by atoms with Crippen LogP contribution in [0.4, 0.5) is 22.7 Å². The molecule has 0 aromatic heterocycles. The van der Waals surface area contributed by atoms with Gasteiger partial charge in [-0.25, -0.2) is 33.7 Å².